The minimum absolute atomic E-state index is 0.193. The number of carbonyl (C=O) groups excluding carboxylic acids is 2. The first-order valence-corrected chi connectivity index (χ1v) is 8.87. The van der Waals surface area contributed by atoms with E-state index in [-0.39, 0.29) is 12.5 Å². The molecule has 1 aliphatic heterocycles. The summed E-state index contributed by atoms with van der Waals surface area (Å²) in [7, 11) is 0. The Bertz CT molecular complexity index is 761. The molecule has 0 saturated carbocycles. The molecule has 1 aliphatic rings. The number of imide groups is 1. The van der Waals surface area contributed by atoms with E-state index in [1.54, 1.807) is 12.1 Å². The highest BCUT2D eigenvalue weighted by atomic mass is 35.5. The average molecular weight is 373 g/mol. The number of para-hydroxylation sites is 2. The number of halogens is 1. The first kappa shape index (κ1) is 18.2. The van der Waals surface area contributed by atoms with Crippen LogP contribution in [-0.4, -0.2) is 49.6 Å². The van der Waals surface area contributed by atoms with Crippen LogP contribution in [0.3, 0.4) is 0 Å². The van der Waals surface area contributed by atoms with E-state index in [4.69, 9.17) is 11.6 Å². The molecule has 7 heteroatoms. The largest absolute Gasteiger partial charge is 0.368 e. The lowest BCUT2D eigenvalue weighted by Gasteiger charge is -2.36. The fourth-order valence-corrected chi connectivity index (χ4v) is 3.16. The van der Waals surface area contributed by atoms with Crippen molar-refractivity contribution in [1.29, 1.82) is 0 Å². The highest BCUT2D eigenvalue weighted by molar-refractivity contribution is 6.33. The summed E-state index contributed by atoms with van der Waals surface area (Å²) in [6.07, 6.45) is 0. The number of hydrogen-bond donors (Lipinski definition) is 2. The molecule has 6 nitrogen and oxygen atoms in total. The van der Waals surface area contributed by atoms with Crippen LogP contribution in [0.25, 0.3) is 0 Å². The van der Waals surface area contributed by atoms with Gasteiger partial charge in [-0.1, -0.05) is 41.9 Å². The third kappa shape index (κ3) is 4.97. The first-order valence-electron chi connectivity index (χ1n) is 8.49. The molecule has 0 radical (unpaired) electrons. The van der Waals surface area contributed by atoms with Gasteiger partial charge in [-0.05, 0) is 24.3 Å². The molecule has 2 aromatic carbocycles. The van der Waals surface area contributed by atoms with Gasteiger partial charge in [0.2, 0.25) is 5.91 Å². The van der Waals surface area contributed by atoms with Crippen molar-refractivity contribution in [3.63, 3.8) is 0 Å². The van der Waals surface area contributed by atoms with Gasteiger partial charge in [-0.3, -0.25) is 15.0 Å². The minimum atomic E-state index is -0.518. The summed E-state index contributed by atoms with van der Waals surface area (Å²) in [5, 5.41) is 5.73. The number of piperazine rings is 1. The van der Waals surface area contributed by atoms with E-state index in [1.165, 1.54) is 0 Å². The van der Waals surface area contributed by atoms with Gasteiger partial charge in [0.15, 0.2) is 0 Å². The normalized spacial score (nSPS) is 14.7. The zero-order chi connectivity index (χ0) is 18.4. The van der Waals surface area contributed by atoms with Crippen LogP contribution in [0.2, 0.25) is 5.02 Å². The van der Waals surface area contributed by atoms with Crippen LogP contribution in [0.4, 0.5) is 16.2 Å². The molecular weight excluding hydrogens is 352 g/mol. The molecular formula is C19H21ClN4O2. The molecule has 1 heterocycles. The second kappa shape index (κ2) is 8.69. The molecule has 3 amide bonds. The third-order valence-corrected chi connectivity index (χ3v) is 4.54. The number of anilines is 2. The van der Waals surface area contributed by atoms with E-state index in [1.807, 2.05) is 47.4 Å². The Labute approximate surface area is 157 Å². The predicted octanol–water partition coefficient (Wildman–Crippen LogP) is 2.81. The Balaban J connectivity index is 1.43. The predicted molar refractivity (Wildman–Crippen MR) is 104 cm³/mol. The second-order valence-electron chi connectivity index (χ2n) is 6.08. The lowest BCUT2D eigenvalue weighted by atomic mass is 10.2. The van der Waals surface area contributed by atoms with Gasteiger partial charge in [-0.2, -0.15) is 0 Å². The van der Waals surface area contributed by atoms with Gasteiger partial charge >= 0.3 is 6.03 Å². The van der Waals surface area contributed by atoms with Gasteiger partial charge in [-0.25, -0.2) is 4.79 Å². The lowest BCUT2D eigenvalue weighted by Crippen LogP contribution is -2.50. The van der Waals surface area contributed by atoms with Crippen molar-refractivity contribution in [2.75, 3.05) is 42.9 Å². The van der Waals surface area contributed by atoms with Crippen molar-refractivity contribution >= 4 is 34.9 Å². The maximum absolute atomic E-state index is 12.1. The summed E-state index contributed by atoms with van der Waals surface area (Å²) in [5.41, 5.74) is 1.66. The van der Waals surface area contributed by atoms with E-state index < -0.39 is 6.03 Å². The monoisotopic (exact) mass is 372 g/mol. The standard InChI is InChI=1S/C19H21ClN4O2/c20-16-8-4-5-9-17(16)24-12-10-23(11-13-24)14-18(25)22-19(26)21-15-6-2-1-3-7-15/h1-9H,10-14H2,(H2,21,22,25,26). The molecule has 1 fully saturated rings. The summed E-state index contributed by atoms with van der Waals surface area (Å²) in [6.45, 7) is 3.23. The number of nitrogens with zero attached hydrogens (tertiary/aromatic N) is 2. The molecule has 136 valence electrons. The van der Waals surface area contributed by atoms with Gasteiger partial charge in [-0.15, -0.1) is 0 Å². The summed E-state index contributed by atoms with van der Waals surface area (Å²) in [5.74, 6) is -0.315. The van der Waals surface area contributed by atoms with Crippen LogP contribution in [0, 0.1) is 0 Å². The van der Waals surface area contributed by atoms with Crippen LogP contribution in [0.1, 0.15) is 0 Å². The Hall–Kier alpha value is -2.57. The number of carbonyl (C=O) groups is 2. The van der Waals surface area contributed by atoms with Crippen LogP contribution in [0.15, 0.2) is 54.6 Å². The third-order valence-electron chi connectivity index (χ3n) is 4.22. The van der Waals surface area contributed by atoms with Crippen LogP contribution >= 0.6 is 11.6 Å². The Morgan fingerprint density at radius 1 is 0.923 bits per heavy atom. The molecule has 0 aromatic heterocycles. The van der Waals surface area contributed by atoms with Gasteiger partial charge in [0.05, 0.1) is 17.3 Å². The van der Waals surface area contributed by atoms with Crippen molar-refractivity contribution in [3.8, 4) is 0 Å². The average Bonchev–Trinajstić information content (AvgIpc) is 2.63. The fraction of sp³-hybridized carbons (Fsp3) is 0.263. The van der Waals surface area contributed by atoms with Crippen molar-refractivity contribution < 1.29 is 9.59 Å². The van der Waals surface area contributed by atoms with Crippen LogP contribution in [-0.2, 0) is 4.79 Å². The minimum Gasteiger partial charge on any atom is -0.368 e. The van der Waals surface area contributed by atoms with Crippen molar-refractivity contribution in [2.24, 2.45) is 0 Å². The summed E-state index contributed by atoms with van der Waals surface area (Å²) >= 11 is 6.24. The number of benzene rings is 2. The summed E-state index contributed by atoms with van der Waals surface area (Å²) < 4.78 is 0. The van der Waals surface area contributed by atoms with Crippen LogP contribution in [0.5, 0.6) is 0 Å². The quantitative estimate of drug-likeness (QED) is 0.866. The maximum atomic E-state index is 12.1. The maximum Gasteiger partial charge on any atom is 0.325 e. The summed E-state index contributed by atoms with van der Waals surface area (Å²) in [6, 6.07) is 16.2. The number of urea groups is 1. The molecule has 0 aliphatic carbocycles. The van der Waals surface area contributed by atoms with E-state index in [0.29, 0.717) is 5.69 Å². The van der Waals surface area contributed by atoms with E-state index in [2.05, 4.69) is 15.5 Å². The van der Waals surface area contributed by atoms with Crippen LogP contribution < -0.4 is 15.5 Å². The van der Waals surface area contributed by atoms with Gasteiger partial charge in [0, 0.05) is 31.9 Å². The smallest absolute Gasteiger partial charge is 0.325 e. The molecule has 1 saturated heterocycles. The highest BCUT2D eigenvalue weighted by Crippen LogP contribution is 2.25. The second-order valence-corrected chi connectivity index (χ2v) is 6.49. The molecule has 0 spiro atoms. The highest BCUT2D eigenvalue weighted by Gasteiger charge is 2.21. The SMILES string of the molecule is O=C(CN1CCN(c2ccccc2Cl)CC1)NC(=O)Nc1ccccc1. The van der Waals surface area contributed by atoms with Gasteiger partial charge in [0.25, 0.3) is 0 Å². The molecule has 0 bridgehead atoms. The number of hydrogen-bond acceptors (Lipinski definition) is 4. The molecule has 0 unspecified atom stereocenters. The van der Waals surface area contributed by atoms with E-state index in [0.717, 1.165) is 36.9 Å². The number of amides is 3. The lowest BCUT2D eigenvalue weighted by molar-refractivity contribution is -0.121. The molecule has 26 heavy (non-hydrogen) atoms. The van der Waals surface area contributed by atoms with Crippen molar-refractivity contribution in [1.82, 2.24) is 10.2 Å². The Morgan fingerprint density at radius 2 is 1.58 bits per heavy atom. The molecule has 2 aromatic rings. The topological polar surface area (TPSA) is 64.7 Å². The fourth-order valence-electron chi connectivity index (χ4n) is 2.91. The zero-order valence-corrected chi connectivity index (χ0v) is 15.1. The Kier molecular flexibility index (Phi) is 6.09. The number of nitrogens with one attached hydrogen (secondary N) is 2. The molecule has 0 atom stereocenters. The van der Waals surface area contributed by atoms with E-state index in [9.17, 15) is 9.59 Å². The van der Waals surface area contributed by atoms with Crippen molar-refractivity contribution in [3.05, 3.63) is 59.6 Å². The summed E-state index contributed by atoms with van der Waals surface area (Å²) in [4.78, 5) is 28.2. The number of rotatable bonds is 4. The first-order chi connectivity index (χ1) is 12.6. The van der Waals surface area contributed by atoms with Crippen molar-refractivity contribution in [2.45, 2.75) is 0 Å². The van der Waals surface area contributed by atoms with Gasteiger partial charge < -0.3 is 10.2 Å². The molecule has 2 N–H and O–H groups in total. The molecule has 3 rings (SSSR count). The zero-order valence-electron chi connectivity index (χ0n) is 14.3. The van der Waals surface area contributed by atoms with Gasteiger partial charge in [0.1, 0.15) is 0 Å². The van der Waals surface area contributed by atoms with E-state index >= 15 is 0 Å². The Morgan fingerprint density at radius 3 is 2.27 bits per heavy atom.